The first-order valence-corrected chi connectivity index (χ1v) is 23.4. The minimum absolute atomic E-state index is 0.0891. The quantitative estimate of drug-likeness (QED) is 0.0261. The number of ether oxygens (including phenoxy) is 3. The summed E-state index contributed by atoms with van der Waals surface area (Å²) in [5.74, 6) is -2.47. The van der Waals surface area contributed by atoms with E-state index in [2.05, 4.69) is 19.2 Å². The summed E-state index contributed by atoms with van der Waals surface area (Å²) in [6, 6.07) is 0. The van der Waals surface area contributed by atoms with Crippen LogP contribution >= 0.6 is 7.82 Å². The molecule has 0 aromatic heterocycles. The number of ketones is 1. The highest BCUT2D eigenvalue weighted by atomic mass is 31.2. The first-order chi connectivity index (χ1) is 26.6. The maximum atomic E-state index is 12.7. The lowest BCUT2D eigenvalue weighted by Gasteiger charge is -2.20. The van der Waals surface area contributed by atoms with E-state index in [1.807, 2.05) is 0 Å². The Labute approximate surface area is 334 Å². The molecule has 0 aromatic rings. The molecule has 12 nitrogen and oxygen atoms in total. The first kappa shape index (κ1) is 53.1. The van der Waals surface area contributed by atoms with Gasteiger partial charge in [0.1, 0.15) is 6.61 Å². The first-order valence-electron chi connectivity index (χ1n) is 21.9. The number of amides is 1. The van der Waals surface area contributed by atoms with Gasteiger partial charge in [0.2, 0.25) is 5.78 Å². The monoisotopic (exact) mass is 806 g/mol. The summed E-state index contributed by atoms with van der Waals surface area (Å²) in [6.07, 6.45) is 30.2. The van der Waals surface area contributed by atoms with Crippen LogP contribution in [0.15, 0.2) is 0 Å². The summed E-state index contributed by atoms with van der Waals surface area (Å²) in [5, 5.41) is 2.30. The molecule has 0 rings (SSSR count). The molecule has 0 bridgehead atoms. The van der Waals surface area contributed by atoms with Gasteiger partial charge in [0.15, 0.2) is 6.10 Å². The minimum atomic E-state index is -4.62. The fourth-order valence-corrected chi connectivity index (χ4v) is 6.89. The van der Waals surface area contributed by atoms with Gasteiger partial charge in [-0.25, -0.2) is 4.57 Å². The fraction of sp³-hybridized carbons (Fsp3) is 0.905. The Morgan fingerprint density at radius 2 is 0.964 bits per heavy atom. The van der Waals surface area contributed by atoms with Crippen molar-refractivity contribution in [2.24, 2.45) is 0 Å². The molecule has 0 aliphatic rings. The van der Waals surface area contributed by atoms with Crippen molar-refractivity contribution in [2.45, 2.75) is 206 Å². The number of methoxy groups -OCH3 is 1. The molecular formula is C42H80NO11P. The molecule has 55 heavy (non-hydrogen) atoms. The number of hydrogen-bond acceptors (Lipinski definition) is 10. The topological polar surface area (TPSA) is 164 Å². The van der Waals surface area contributed by atoms with Gasteiger partial charge in [-0.1, -0.05) is 168 Å². The van der Waals surface area contributed by atoms with Crippen molar-refractivity contribution in [3.8, 4) is 0 Å². The Morgan fingerprint density at radius 1 is 0.545 bits per heavy atom. The van der Waals surface area contributed by atoms with E-state index in [0.29, 0.717) is 12.8 Å². The van der Waals surface area contributed by atoms with Crippen LogP contribution in [0.3, 0.4) is 0 Å². The lowest BCUT2D eigenvalue weighted by Crippen LogP contribution is -2.34. The largest absolute Gasteiger partial charge is 0.472 e. The standard InChI is InChI=1S/C42H80NO11P/c1-4-6-8-10-12-14-16-18-20-22-24-26-28-30-40(45)51-36-38(37-53-55(48,49)52-35-33-43-42(47)39(44)32-34-50-3)54-41(46)31-29-27-25-23-21-19-17-15-13-11-9-7-5-2/h38H,4-37H2,1-3H3,(H,43,47)(H,48,49). The third-order valence-electron chi connectivity index (χ3n) is 9.55. The number of phosphoric ester groups is 1. The summed E-state index contributed by atoms with van der Waals surface area (Å²) >= 11 is 0. The van der Waals surface area contributed by atoms with E-state index in [4.69, 9.17) is 23.3 Å². The predicted octanol–water partition coefficient (Wildman–Crippen LogP) is 10.3. The fourth-order valence-electron chi connectivity index (χ4n) is 6.14. The van der Waals surface area contributed by atoms with Crippen molar-refractivity contribution >= 4 is 31.5 Å². The number of esters is 2. The lowest BCUT2D eigenvalue weighted by molar-refractivity contribution is -0.161. The highest BCUT2D eigenvalue weighted by Crippen LogP contribution is 2.43. The van der Waals surface area contributed by atoms with Crippen molar-refractivity contribution in [1.82, 2.24) is 5.32 Å². The molecule has 324 valence electrons. The summed E-state index contributed by atoms with van der Waals surface area (Å²) in [5.41, 5.74) is 0. The smallest absolute Gasteiger partial charge is 0.462 e. The molecule has 13 heteroatoms. The molecule has 0 heterocycles. The number of hydrogen-bond donors (Lipinski definition) is 2. The van der Waals surface area contributed by atoms with Crippen molar-refractivity contribution in [1.29, 1.82) is 0 Å². The highest BCUT2D eigenvalue weighted by Gasteiger charge is 2.26. The normalized spacial score (nSPS) is 12.9. The zero-order valence-corrected chi connectivity index (χ0v) is 36.0. The van der Waals surface area contributed by atoms with Gasteiger partial charge in [0.25, 0.3) is 5.91 Å². The average Bonchev–Trinajstić information content (AvgIpc) is 3.17. The van der Waals surface area contributed by atoms with Crippen LogP contribution in [0.2, 0.25) is 0 Å². The average molecular weight is 806 g/mol. The van der Waals surface area contributed by atoms with Crippen LogP contribution in [0.1, 0.15) is 200 Å². The maximum Gasteiger partial charge on any atom is 0.472 e. The molecule has 0 saturated carbocycles. The second kappa shape index (κ2) is 39.0. The third-order valence-corrected chi connectivity index (χ3v) is 10.5. The van der Waals surface area contributed by atoms with Crippen molar-refractivity contribution in [3.05, 3.63) is 0 Å². The van der Waals surface area contributed by atoms with Gasteiger partial charge in [-0.05, 0) is 12.8 Å². The Kier molecular flexibility index (Phi) is 37.7. The van der Waals surface area contributed by atoms with E-state index in [1.54, 1.807) is 0 Å². The van der Waals surface area contributed by atoms with Gasteiger partial charge in [0, 0.05) is 32.9 Å². The van der Waals surface area contributed by atoms with Gasteiger partial charge in [-0.3, -0.25) is 28.2 Å². The molecule has 2 N–H and O–H groups in total. The molecule has 0 saturated heterocycles. The van der Waals surface area contributed by atoms with Gasteiger partial charge in [-0.2, -0.15) is 0 Å². The van der Waals surface area contributed by atoms with Crippen LogP contribution in [0.4, 0.5) is 0 Å². The predicted molar refractivity (Wildman–Crippen MR) is 218 cm³/mol. The Bertz CT molecular complexity index is 997. The molecule has 0 aromatic carbocycles. The van der Waals surface area contributed by atoms with Crippen LogP contribution in [-0.2, 0) is 47.0 Å². The second-order valence-electron chi connectivity index (χ2n) is 14.8. The zero-order valence-electron chi connectivity index (χ0n) is 35.1. The van der Waals surface area contributed by atoms with E-state index in [0.717, 1.165) is 38.5 Å². The molecule has 0 spiro atoms. The third kappa shape index (κ3) is 37.5. The SMILES string of the molecule is CCCCCCCCCCCCCCCC(=O)OCC(COP(=O)(O)OCCNC(=O)C(=O)CCOC)OC(=O)CCCCCCCCCCCCCCC. The van der Waals surface area contributed by atoms with E-state index in [1.165, 1.54) is 123 Å². The zero-order chi connectivity index (χ0) is 40.7. The lowest BCUT2D eigenvalue weighted by atomic mass is 10.0. The molecule has 0 fully saturated rings. The van der Waals surface area contributed by atoms with Crippen molar-refractivity contribution in [2.75, 3.05) is 40.1 Å². The van der Waals surface area contributed by atoms with Gasteiger partial charge in [0.05, 0.1) is 19.8 Å². The van der Waals surface area contributed by atoms with Gasteiger partial charge in [-0.15, -0.1) is 0 Å². The Morgan fingerprint density at radius 3 is 1.40 bits per heavy atom. The van der Waals surface area contributed by atoms with E-state index >= 15 is 0 Å². The van der Waals surface area contributed by atoms with Crippen LogP contribution < -0.4 is 5.32 Å². The number of carbonyl (C=O) groups is 4. The number of unbranched alkanes of at least 4 members (excludes halogenated alkanes) is 24. The molecule has 2 atom stereocenters. The van der Waals surface area contributed by atoms with E-state index in [-0.39, 0.29) is 39.0 Å². The van der Waals surface area contributed by atoms with Crippen LogP contribution in [0, 0.1) is 0 Å². The second-order valence-corrected chi connectivity index (χ2v) is 16.3. The molecule has 0 aliphatic carbocycles. The summed E-state index contributed by atoms with van der Waals surface area (Å²) in [4.78, 5) is 58.8. The van der Waals surface area contributed by atoms with Crippen LogP contribution in [-0.4, -0.2) is 74.7 Å². The van der Waals surface area contributed by atoms with Crippen LogP contribution in [0.25, 0.3) is 0 Å². The maximum absolute atomic E-state index is 12.7. The number of Topliss-reactive ketones (excluding diaryl/α,β-unsaturated/α-hetero) is 1. The van der Waals surface area contributed by atoms with Crippen LogP contribution in [0.5, 0.6) is 0 Å². The van der Waals surface area contributed by atoms with E-state index < -0.39 is 50.8 Å². The van der Waals surface area contributed by atoms with Crippen molar-refractivity contribution < 1.29 is 51.9 Å². The number of phosphoric acid groups is 1. The molecule has 2 unspecified atom stereocenters. The summed E-state index contributed by atoms with van der Waals surface area (Å²) in [6.45, 7) is 3.10. The number of nitrogens with one attached hydrogen (secondary N) is 1. The Hall–Kier alpha value is -1.85. The Balaban J connectivity index is 4.54. The van der Waals surface area contributed by atoms with E-state index in [9.17, 15) is 28.6 Å². The molecule has 1 amide bonds. The van der Waals surface area contributed by atoms with Crippen molar-refractivity contribution in [3.63, 3.8) is 0 Å². The molecule has 0 radical (unpaired) electrons. The number of carbonyl (C=O) groups excluding carboxylic acids is 4. The summed E-state index contributed by atoms with van der Waals surface area (Å²) < 4.78 is 38.1. The highest BCUT2D eigenvalue weighted by molar-refractivity contribution is 7.47. The van der Waals surface area contributed by atoms with Gasteiger partial charge >= 0.3 is 19.8 Å². The molecule has 0 aliphatic heterocycles. The summed E-state index contributed by atoms with van der Waals surface area (Å²) in [7, 11) is -3.21. The minimum Gasteiger partial charge on any atom is -0.462 e. The van der Waals surface area contributed by atoms with Gasteiger partial charge < -0.3 is 24.4 Å². The number of rotatable bonds is 42. The molecular weight excluding hydrogens is 725 g/mol.